The fraction of sp³-hybridized carbons (Fsp3) is 1.00. The van der Waals surface area contributed by atoms with Crippen molar-refractivity contribution < 1.29 is 4.74 Å². The van der Waals surface area contributed by atoms with Crippen LogP contribution in [-0.4, -0.2) is 36.3 Å². The Morgan fingerprint density at radius 2 is 2.14 bits per heavy atom. The monoisotopic (exact) mass is 215 g/mol. The van der Waals surface area contributed by atoms with Crippen LogP contribution in [0.25, 0.3) is 0 Å². The fourth-order valence-corrected chi connectivity index (χ4v) is 4.11. The van der Waals surface area contributed by atoms with E-state index in [1.807, 2.05) is 0 Å². The Morgan fingerprint density at radius 1 is 1.29 bits per heavy atom. The minimum absolute atomic E-state index is 0.480. The van der Waals surface area contributed by atoms with Crippen molar-refractivity contribution >= 4 is 11.8 Å². The van der Waals surface area contributed by atoms with Gasteiger partial charge in [-0.1, -0.05) is 0 Å². The third-order valence-electron chi connectivity index (χ3n) is 3.47. The molecule has 1 saturated carbocycles. The van der Waals surface area contributed by atoms with Gasteiger partial charge in [-0.25, -0.2) is 0 Å². The number of rotatable bonds is 3. The van der Waals surface area contributed by atoms with E-state index in [0.29, 0.717) is 6.10 Å². The van der Waals surface area contributed by atoms with E-state index in [1.165, 1.54) is 25.7 Å². The molecule has 2 fully saturated rings. The Labute approximate surface area is 91.2 Å². The van der Waals surface area contributed by atoms with Crippen LogP contribution in [-0.2, 0) is 4.74 Å². The van der Waals surface area contributed by atoms with E-state index in [-0.39, 0.29) is 0 Å². The molecule has 0 radical (unpaired) electrons. The van der Waals surface area contributed by atoms with Crippen molar-refractivity contribution in [3.05, 3.63) is 0 Å². The van der Waals surface area contributed by atoms with Crippen LogP contribution >= 0.6 is 11.8 Å². The molecular formula is C11H21NOS. The Kier molecular flexibility index (Phi) is 3.74. The lowest BCUT2D eigenvalue weighted by Gasteiger charge is -2.18. The molecule has 4 unspecified atom stereocenters. The molecule has 1 aliphatic heterocycles. The summed E-state index contributed by atoms with van der Waals surface area (Å²) in [6.07, 6.45) is 5.83. The average Bonchev–Trinajstić information content (AvgIpc) is 2.77. The highest BCUT2D eigenvalue weighted by atomic mass is 32.2. The van der Waals surface area contributed by atoms with E-state index in [0.717, 1.165) is 23.1 Å². The summed E-state index contributed by atoms with van der Waals surface area (Å²) in [6, 6.07) is 0.769. The van der Waals surface area contributed by atoms with Gasteiger partial charge in [0.05, 0.1) is 6.10 Å². The van der Waals surface area contributed by atoms with Gasteiger partial charge in [-0.3, -0.25) is 0 Å². The molecule has 82 valence electrons. The van der Waals surface area contributed by atoms with Crippen LogP contribution in [0.2, 0.25) is 0 Å². The van der Waals surface area contributed by atoms with Crippen LogP contribution in [0, 0.1) is 0 Å². The van der Waals surface area contributed by atoms with Gasteiger partial charge in [0.25, 0.3) is 0 Å². The third-order valence-corrected chi connectivity index (χ3v) is 5.25. The SMILES string of the molecule is CNC1CCC(SC2CCOC2C)C1. The highest BCUT2D eigenvalue weighted by Crippen LogP contribution is 2.37. The number of hydrogen-bond acceptors (Lipinski definition) is 3. The summed E-state index contributed by atoms with van der Waals surface area (Å²) in [4.78, 5) is 0. The zero-order chi connectivity index (χ0) is 9.97. The molecule has 0 aromatic carbocycles. The van der Waals surface area contributed by atoms with E-state index >= 15 is 0 Å². The largest absolute Gasteiger partial charge is 0.377 e. The molecule has 0 aromatic heterocycles. The highest BCUT2D eigenvalue weighted by molar-refractivity contribution is 8.00. The van der Waals surface area contributed by atoms with E-state index in [1.54, 1.807) is 0 Å². The molecule has 3 heteroatoms. The van der Waals surface area contributed by atoms with Crippen molar-refractivity contribution in [1.29, 1.82) is 0 Å². The fourth-order valence-electron chi connectivity index (χ4n) is 2.46. The maximum atomic E-state index is 5.59. The number of thioether (sulfide) groups is 1. The van der Waals surface area contributed by atoms with Gasteiger partial charge in [0.15, 0.2) is 0 Å². The molecule has 0 bridgehead atoms. The molecule has 0 spiro atoms. The second-order valence-electron chi connectivity index (χ2n) is 4.46. The smallest absolute Gasteiger partial charge is 0.0666 e. The Bertz CT molecular complexity index is 188. The minimum Gasteiger partial charge on any atom is -0.377 e. The first-order valence-electron chi connectivity index (χ1n) is 5.74. The van der Waals surface area contributed by atoms with E-state index < -0.39 is 0 Å². The van der Waals surface area contributed by atoms with Crippen LogP contribution in [0.3, 0.4) is 0 Å². The molecule has 1 N–H and O–H groups in total. The first-order valence-corrected chi connectivity index (χ1v) is 6.68. The highest BCUT2D eigenvalue weighted by Gasteiger charge is 2.31. The second kappa shape index (κ2) is 4.86. The number of nitrogens with one attached hydrogen (secondary N) is 1. The Morgan fingerprint density at radius 3 is 2.71 bits per heavy atom. The maximum Gasteiger partial charge on any atom is 0.0666 e. The van der Waals surface area contributed by atoms with Gasteiger partial charge < -0.3 is 10.1 Å². The van der Waals surface area contributed by atoms with Crippen LogP contribution in [0.5, 0.6) is 0 Å². The van der Waals surface area contributed by atoms with Gasteiger partial charge in [-0.2, -0.15) is 11.8 Å². The second-order valence-corrected chi connectivity index (χ2v) is 6.00. The lowest BCUT2D eigenvalue weighted by atomic mass is 10.2. The van der Waals surface area contributed by atoms with Gasteiger partial charge in [0.1, 0.15) is 0 Å². The zero-order valence-electron chi connectivity index (χ0n) is 9.16. The predicted octanol–water partition coefficient (Wildman–Crippen LogP) is 2.04. The van der Waals surface area contributed by atoms with Crippen LogP contribution < -0.4 is 5.32 Å². The number of hydrogen-bond donors (Lipinski definition) is 1. The number of ether oxygens (including phenoxy) is 1. The molecular weight excluding hydrogens is 194 g/mol. The molecule has 14 heavy (non-hydrogen) atoms. The van der Waals surface area contributed by atoms with E-state index in [9.17, 15) is 0 Å². The van der Waals surface area contributed by atoms with Crippen LogP contribution in [0.15, 0.2) is 0 Å². The van der Waals surface area contributed by atoms with E-state index in [4.69, 9.17) is 4.74 Å². The third kappa shape index (κ3) is 2.44. The molecule has 4 atom stereocenters. The zero-order valence-corrected chi connectivity index (χ0v) is 9.98. The first kappa shape index (κ1) is 10.8. The van der Waals surface area contributed by atoms with E-state index in [2.05, 4.69) is 31.1 Å². The van der Waals surface area contributed by atoms with Gasteiger partial charge in [-0.15, -0.1) is 0 Å². The standard InChI is InChI=1S/C11H21NOS/c1-8-11(5-6-13-8)14-10-4-3-9(7-10)12-2/h8-12H,3-7H2,1-2H3. The summed E-state index contributed by atoms with van der Waals surface area (Å²) >= 11 is 2.18. The maximum absolute atomic E-state index is 5.59. The van der Waals surface area contributed by atoms with Crippen molar-refractivity contribution in [2.24, 2.45) is 0 Å². The lowest BCUT2D eigenvalue weighted by Crippen LogP contribution is -2.22. The van der Waals surface area contributed by atoms with Crippen molar-refractivity contribution in [1.82, 2.24) is 5.32 Å². The summed E-state index contributed by atoms with van der Waals surface area (Å²) in [6.45, 7) is 3.19. The van der Waals surface area contributed by atoms with Gasteiger partial charge in [-0.05, 0) is 39.7 Å². The molecule has 2 nitrogen and oxygen atoms in total. The van der Waals surface area contributed by atoms with Crippen molar-refractivity contribution in [3.63, 3.8) is 0 Å². The summed E-state index contributed by atoms with van der Waals surface area (Å²) in [5, 5.41) is 5.02. The van der Waals surface area contributed by atoms with Gasteiger partial charge in [0, 0.05) is 23.1 Å². The van der Waals surface area contributed by atoms with Gasteiger partial charge >= 0.3 is 0 Å². The normalized spacial score (nSPS) is 43.3. The summed E-state index contributed by atoms with van der Waals surface area (Å²) in [5.41, 5.74) is 0. The lowest BCUT2D eigenvalue weighted by molar-refractivity contribution is 0.127. The van der Waals surface area contributed by atoms with Crippen molar-refractivity contribution in [2.45, 2.75) is 55.3 Å². The summed E-state index contributed by atoms with van der Waals surface area (Å²) in [5.74, 6) is 0. The molecule has 0 aromatic rings. The Balaban J connectivity index is 1.75. The van der Waals surface area contributed by atoms with Crippen LogP contribution in [0.1, 0.15) is 32.6 Å². The molecule has 1 heterocycles. The first-order chi connectivity index (χ1) is 6.79. The molecule has 2 aliphatic rings. The molecule has 1 aliphatic carbocycles. The van der Waals surface area contributed by atoms with Crippen molar-refractivity contribution in [2.75, 3.05) is 13.7 Å². The summed E-state index contributed by atoms with van der Waals surface area (Å²) in [7, 11) is 2.08. The topological polar surface area (TPSA) is 21.3 Å². The molecule has 2 rings (SSSR count). The summed E-state index contributed by atoms with van der Waals surface area (Å²) < 4.78 is 5.59. The van der Waals surface area contributed by atoms with Crippen LogP contribution in [0.4, 0.5) is 0 Å². The molecule has 0 amide bonds. The Hall–Kier alpha value is 0.270. The quantitative estimate of drug-likeness (QED) is 0.778. The average molecular weight is 215 g/mol. The minimum atomic E-state index is 0.480. The van der Waals surface area contributed by atoms with Crippen molar-refractivity contribution in [3.8, 4) is 0 Å². The molecule has 1 saturated heterocycles. The predicted molar refractivity (Wildman–Crippen MR) is 61.9 cm³/mol. The van der Waals surface area contributed by atoms with Gasteiger partial charge in [0.2, 0.25) is 0 Å².